The molecule has 0 atom stereocenters. The van der Waals surface area contributed by atoms with Crippen molar-refractivity contribution in [1.29, 1.82) is 0 Å². The molecule has 74 valence electrons. The summed E-state index contributed by atoms with van der Waals surface area (Å²) in [5.41, 5.74) is 1.96. The Morgan fingerprint density at radius 1 is 1.27 bits per heavy atom. The molecule has 5 heteroatoms. The fourth-order valence-electron chi connectivity index (χ4n) is 1.63. The van der Waals surface area contributed by atoms with E-state index in [0.717, 1.165) is 26.8 Å². The molecule has 0 bridgehead atoms. The van der Waals surface area contributed by atoms with E-state index in [1.165, 1.54) is 0 Å². The quantitative estimate of drug-likeness (QED) is 0.500. The topological polar surface area (TPSA) is 54.5 Å². The van der Waals surface area contributed by atoms with Crippen LogP contribution < -0.4 is 0 Å². The Morgan fingerprint density at radius 2 is 2.20 bits per heavy atom. The van der Waals surface area contributed by atoms with Crippen LogP contribution in [0.2, 0.25) is 0 Å². The zero-order valence-corrected chi connectivity index (χ0v) is 8.88. The predicted octanol–water partition coefficient (Wildman–Crippen LogP) is 2.23. The van der Waals surface area contributed by atoms with Gasteiger partial charge in [0.25, 0.3) is 0 Å². The highest BCUT2D eigenvalue weighted by Crippen LogP contribution is 2.25. The zero-order valence-electron chi connectivity index (χ0n) is 8.06. The fourth-order valence-corrected chi connectivity index (χ4v) is 2.17. The number of benzene rings is 1. The van der Waals surface area contributed by atoms with Gasteiger partial charge in [0.05, 0.1) is 17.2 Å². The van der Waals surface area contributed by atoms with Gasteiger partial charge in [-0.2, -0.15) is 5.10 Å². The standard InChI is InChI=1S/C10H8N4S/c1-15-10-7-2-6-4-13-14-8(6)3-9(7)11-5-12-10/h2-5H,1H3,(H,13,14). The summed E-state index contributed by atoms with van der Waals surface area (Å²) >= 11 is 1.63. The van der Waals surface area contributed by atoms with Gasteiger partial charge in [-0.25, -0.2) is 9.97 Å². The largest absolute Gasteiger partial charge is 0.278 e. The molecule has 2 aromatic heterocycles. The van der Waals surface area contributed by atoms with E-state index in [-0.39, 0.29) is 0 Å². The molecule has 3 rings (SSSR count). The summed E-state index contributed by atoms with van der Waals surface area (Å²) in [5.74, 6) is 0. The summed E-state index contributed by atoms with van der Waals surface area (Å²) in [6.45, 7) is 0. The summed E-state index contributed by atoms with van der Waals surface area (Å²) in [6, 6.07) is 4.07. The SMILES string of the molecule is CSc1ncnc2cc3[nH]ncc3cc12. The van der Waals surface area contributed by atoms with Gasteiger partial charge in [-0.1, -0.05) is 0 Å². The van der Waals surface area contributed by atoms with Crippen LogP contribution in [0.5, 0.6) is 0 Å². The molecule has 0 amide bonds. The second-order valence-corrected chi connectivity index (χ2v) is 4.00. The monoisotopic (exact) mass is 216 g/mol. The van der Waals surface area contributed by atoms with Gasteiger partial charge >= 0.3 is 0 Å². The molecule has 15 heavy (non-hydrogen) atoms. The van der Waals surface area contributed by atoms with E-state index in [1.54, 1.807) is 18.1 Å². The summed E-state index contributed by atoms with van der Waals surface area (Å²) in [6.07, 6.45) is 5.42. The van der Waals surface area contributed by atoms with Crippen LogP contribution in [0.4, 0.5) is 0 Å². The lowest BCUT2D eigenvalue weighted by atomic mass is 10.2. The highest BCUT2D eigenvalue weighted by molar-refractivity contribution is 7.98. The van der Waals surface area contributed by atoms with Gasteiger partial charge in [-0.05, 0) is 18.4 Å². The van der Waals surface area contributed by atoms with Crippen molar-refractivity contribution >= 4 is 33.6 Å². The van der Waals surface area contributed by atoms with Crippen molar-refractivity contribution in [2.24, 2.45) is 0 Å². The lowest BCUT2D eigenvalue weighted by molar-refractivity contribution is 1.10. The second kappa shape index (κ2) is 3.20. The van der Waals surface area contributed by atoms with Crippen LogP contribution in [-0.2, 0) is 0 Å². The minimum atomic E-state index is 0.950. The third kappa shape index (κ3) is 1.27. The second-order valence-electron chi connectivity index (χ2n) is 3.21. The number of nitrogens with zero attached hydrogens (tertiary/aromatic N) is 3. The minimum Gasteiger partial charge on any atom is -0.278 e. The summed E-state index contributed by atoms with van der Waals surface area (Å²) in [4.78, 5) is 8.49. The number of hydrogen-bond donors (Lipinski definition) is 1. The van der Waals surface area contributed by atoms with Gasteiger partial charge in [-0.15, -0.1) is 11.8 Å². The highest BCUT2D eigenvalue weighted by Gasteiger charge is 2.05. The average molecular weight is 216 g/mol. The van der Waals surface area contributed by atoms with Crippen LogP contribution in [0.15, 0.2) is 29.7 Å². The van der Waals surface area contributed by atoms with Crippen molar-refractivity contribution in [3.8, 4) is 0 Å². The van der Waals surface area contributed by atoms with Gasteiger partial charge in [0.1, 0.15) is 11.4 Å². The zero-order chi connectivity index (χ0) is 10.3. The molecule has 0 aliphatic rings. The summed E-state index contributed by atoms with van der Waals surface area (Å²) in [5, 5.41) is 10.1. The summed E-state index contributed by atoms with van der Waals surface area (Å²) < 4.78 is 0. The molecule has 2 heterocycles. The van der Waals surface area contributed by atoms with Crippen molar-refractivity contribution in [2.45, 2.75) is 5.03 Å². The predicted molar refractivity (Wildman–Crippen MR) is 61.0 cm³/mol. The molecule has 0 aliphatic carbocycles. The van der Waals surface area contributed by atoms with E-state index in [0.29, 0.717) is 0 Å². The first-order valence-corrected chi connectivity index (χ1v) is 5.73. The molecular weight excluding hydrogens is 208 g/mol. The van der Waals surface area contributed by atoms with E-state index in [9.17, 15) is 0 Å². The number of aromatic amines is 1. The molecule has 3 aromatic rings. The molecule has 0 saturated heterocycles. The van der Waals surface area contributed by atoms with Gasteiger partial charge in [0.2, 0.25) is 0 Å². The van der Waals surface area contributed by atoms with Crippen LogP contribution in [0.25, 0.3) is 21.8 Å². The van der Waals surface area contributed by atoms with E-state index in [4.69, 9.17) is 0 Å². The van der Waals surface area contributed by atoms with Crippen molar-refractivity contribution in [3.63, 3.8) is 0 Å². The maximum absolute atomic E-state index is 4.25. The van der Waals surface area contributed by atoms with Crippen LogP contribution in [0.3, 0.4) is 0 Å². The Labute approximate surface area is 90.1 Å². The Hall–Kier alpha value is -1.62. The number of rotatable bonds is 1. The molecule has 1 N–H and O–H groups in total. The first-order chi connectivity index (χ1) is 7.38. The molecule has 1 aromatic carbocycles. The Bertz CT molecular complexity index is 631. The maximum Gasteiger partial charge on any atom is 0.117 e. The fraction of sp³-hybridized carbons (Fsp3) is 0.100. The van der Waals surface area contributed by atoms with Gasteiger partial charge in [-0.3, -0.25) is 5.10 Å². The van der Waals surface area contributed by atoms with Gasteiger partial charge in [0, 0.05) is 10.8 Å². The molecule has 0 aliphatic heterocycles. The Balaban J connectivity index is 2.48. The molecular formula is C10H8N4S. The lowest BCUT2D eigenvalue weighted by Gasteiger charge is -2.01. The number of hydrogen-bond acceptors (Lipinski definition) is 4. The third-order valence-corrected chi connectivity index (χ3v) is 3.06. The maximum atomic E-state index is 4.25. The first kappa shape index (κ1) is 8.67. The smallest absolute Gasteiger partial charge is 0.117 e. The number of thioether (sulfide) groups is 1. The molecule has 0 radical (unpaired) electrons. The van der Waals surface area contributed by atoms with Crippen molar-refractivity contribution < 1.29 is 0 Å². The molecule has 0 spiro atoms. The number of nitrogens with one attached hydrogen (secondary N) is 1. The van der Waals surface area contributed by atoms with Crippen molar-refractivity contribution in [3.05, 3.63) is 24.7 Å². The molecule has 0 fully saturated rings. The van der Waals surface area contributed by atoms with E-state index < -0.39 is 0 Å². The minimum absolute atomic E-state index is 0.950. The highest BCUT2D eigenvalue weighted by atomic mass is 32.2. The van der Waals surface area contributed by atoms with Crippen molar-refractivity contribution in [2.75, 3.05) is 6.26 Å². The van der Waals surface area contributed by atoms with Crippen molar-refractivity contribution in [1.82, 2.24) is 20.2 Å². The van der Waals surface area contributed by atoms with Crippen LogP contribution in [0, 0.1) is 0 Å². The van der Waals surface area contributed by atoms with E-state index >= 15 is 0 Å². The molecule has 0 saturated carbocycles. The van der Waals surface area contributed by atoms with Crippen LogP contribution in [0.1, 0.15) is 0 Å². The first-order valence-electron chi connectivity index (χ1n) is 4.50. The van der Waals surface area contributed by atoms with Crippen LogP contribution >= 0.6 is 11.8 Å². The molecule has 0 unspecified atom stereocenters. The van der Waals surface area contributed by atoms with Gasteiger partial charge < -0.3 is 0 Å². The van der Waals surface area contributed by atoms with E-state index in [2.05, 4.69) is 26.2 Å². The number of H-pyrrole nitrogens is 1. The van der Waals surface area contributed by atoms with Gasteiger partial charge in [0.15, 0.2) is 0 Å². The Morgan fingerprint density at radius 3 is 3.07 bits per heavy atom. The third-order valence-electron chi connectivity index (χ3n) is 2.35. The number of fused-ring (bicyclic) bond motifs is 2. The Kier molecular flexibility index (Phi) is 1.85. The average Bonchev–Trinajstić information content (AvgIpc) is 2.72. The normalized spacial score (nSPS) is 11.3. The lowest BCUT2D eigenvalue weighted by Crippen LogP contribution is -1.86. The molecule has 4 nitrogen and oxygen atoms in total. The number of aromatic nitrogens is 4. The van der Waals surface area contributed by atoms with Crippen LogP contribution in [-0.4, -0.2) is 26.4 Å². The van der Waals surface area contributed by atoms with E-state index in [1.807, 2.05) is 18.5 Å². The summed E-state index contributed by atoms with van der Waals surface area (Å²) in [7, 11) is 0.